The van der Waals surface area contributed by atoms with Crippen LogP contribution in [-0.2, 0) is 4.79 Å². The monoisotopic (exact) mass is 189 g/mol. The lowest BCUT2D eigenvalue weighted by atomic mass is 9.79. The maximum Gasteiger partial charge on any atom is 0.167 e. The molecule has 0 atom stereocenters. The molecule has 0 radical (unpaired) electrons. The number of carbonyl (C=O) groups excluding carboxylic acids is 1. The standard InChI is InChI=1S/C9H16ClNO/c1-11-9(8(12)7-10)5-3-2-4-6-9/h11H,2-7H2,1H3. The number of ketones is 1. The molecule has 0 bridgehead atoms. The molecule has 0 saturated heterocycles. The summed E-state index contributed by atoms with van der Waals surface area (Å²) in [6.07, 6.45) is 5.44. The van der Waals surface area contributed by atoms with E-state index in [0.717, 1.165) is 25.7 Å². The van der Waals surface area contributed by atoms with Gasteiger partial charge in [0.1, 0.15) is 0 Å². The maximum absolute atomic E-state index is 11.5. The summed E-state index contributed by atoms with van der Waals surface area (Å²) >= 11 is 5.56. The lowest BCUT2D eigenvalue weighted by Gasteiger charge is -2.35. The van der Waals surface area contributed by atoms with Crippen molar-refractivity contribution >= 4 is 17.4 Å². The smallest absolute Gasteiger partial charge is 0.167 e. The third kappa shape index (κ3) is 1.80. The minimum atomic E-state index is -0.292. The summed E-state index contributed by atoms with van der Waals surface area (Å²) in [5, 5.41) is 3.13. The first-order valence-electron chi connectivity index (χ1n) is 4.53. The van der Waals surface area contributed by atoms with Gasteiger partial charge in [-0.3, -0.25) is 4.79 Å². The summed E-state index contributed by atoms with van der Waals surface area (Å²) in [4.78, 5) is 11.5. The number of hydrogen-bond donors (Lipinski definition) is 1. The van der Waals surface area contributed by atoms with Crippen molar-refractivity contribution in [3.63, 3.8) is 0 Å². The second-order valence-corrected chi connectivity index (χ2v) is 3.72. The molecule has 12 heavy (non-hydrogen) atoms. The second-order valence-electron chi connectivity index (χ2n) is 3.45. The second kappa shape index (κ2) is 4.24. The molecule has 0 aromatic rings. The zero-order chi connectivity index (χ0) is 9.03. The van der Waals surface area contributed by atoms with E-state index in [1.165, 1.54) is 6.42 Å². The first-order chi connectivity index (χ1) is 5.75. The van der Waals surface area contributed by atoms with Gasteiger partial charge in [-0.05, 0) is 19.9 Å². The van der Waals surface area contributed by atoms with Gasteiger partial charge < -0.3 is 5.32 Å². The Kier molecular flexibility index (Phi) is 3.53. The van der Waals surface area contributed by atoms with Crippen LogP contribution >= 0.6 is 11.6 Å². The molecule has 0 aliphatic heterocycles. The fraction of sp³-hybridized carbons (Fsp3) is 0.889. The van der Waals surface area contributed by atoms with Crippen molar-refractivity contribution in [2.75, 3.05) is 12.9 Å². The van der Waals surface area contributed by atoms with Gasteiger partial charge >= 0.3 is 0 Å². The van der Waals surface area contributed by atoms with Gasteiger partial charge in [-0.15, -0.1) is 11.6 Å². The van der Waals surface area contributed by atoms with Crippen molar-refractivity contribution in [1.29, 1.82) is 0 Å². The van der Waals surface area contributed by atoms with E-state index in [2.05, 4.69) is 5.32 Å². The van der Waals surface area contributed by atoms with E-state index < -0.39 is 0 Å². The number of nitrogens with one attached hydrogen (secondary N) is 1. The third-order valence-corrected chi connectivity index (χ3v) is 3.08. The van der Waals surface area contributed by atoms with E-state index >= 15 is 0 Å². The highest BCUT2D eigenvalue weighted by Gasteiger charge is 2.36. The molecular weight excluding hydrogens is 174 g/mol. The van der Waals surface area contributed by atoms with Gasteiger partial charge in [0.2, 0.25) is 0 Å². The molecule has 1 rings (SSSR count). The first kappa shape index (κ1) is 10.0. The van der Waals surface area contributed by atoms with Crippen LogP contribution in [0.5, 0.6) is 0 Å². The van der Waals surface area contributed by atoms with Crippen LogP contribution in [0.2, 0.25) is 0 Å². The molecule has 1 aliphatic carbocycles. The van der Waals surface area contributed by atoms with Gasteiger partial charge in [0.05, 0.1) is 11.4 Å². The molecule has 0 unspecified atom stereocenters. The van der Waals surface area contributed by atoms with E-state index in [4.69, 9.17) is 11.6 Å². The molecule has 1 aliphatic rings. The average Bonchev–Trinajstić information content (AvgIpc) is 2.17. The number of alkyl halides is 1. The number of carbonyl (C=O) groups is 1. The Hall–Kier alpha value is -0.0800. The van der Waals surface area contributed by atoms with Crippen LogP contribution < -0.4 is 5.32 Å². The summed E-state index contributed by atoms with van der Waals surface area (Å²) < 4.78 is 0. The Morgan fingerprint density at radius 2 is 2.00 bits per heavy atom. The molecule has 1 saturated carbocycles. The number of rotatable bonds is 3. The van der Waals surface area contributed by atoms with E-state index in [9.17, 15) is 4.79 Å². The largest absolute Gasteiger partial charge is 0.308 e. The first-order valence-corrected chi connectivity index (χ1v) is 5.07. The summed E-state index contributed by atoms with van der Waals surface area (Å²) in [6, 6.07) is 0. The third-order valence-electron chi connectivity index (χ3n) is 2.84. The van der Waals surface area contributed by atoms with Crippen molar-refractivity contribution in [3.8, 4) is 0 Å². The normalized spacial score (nSPS) is 22.2. The van der Waals surface area contributed by atoms with Crippen LogP contribution in [0.4, 0.5) is 0 Å². The Morgan fingerprint density at radius 1 is 1.42 bits per heavy atom. The van der Waals surface area contributed by atoms with Crippen LogP contribution in [0, 0.1) is 0 Å². The van der Waals surface area contributed by atoms with Crippen molar-refractivity contribution in [3.05, 3.63) is 0 Å². The predicted molar refractivity (Wildman–Crippen MR) is 50.6 cm³/mol. The fourth-order valence-corrected chi connectivity index (χ4v) is 2.21. The van der Waals surface area contributed by atoms with Gasteiger partial charge in [-0.1, -0.05) is 19.3 Å². The van der Waals surface area contributed by atoms with Crippen molar-refractivity contribution in [2.45, 2.75) is 37.6 Å². The summed E-state index contributed by atoms with van der Waals surface area (Å²) in [6.45, 7) is 0. The highest BCUT2D eigenvalue weighted by atomic mass is 35.5. The van der Waals surface area contributed by atoms with Crippen LogP contribution in [-0.4, -0.2) is 24.2 Å². The van der Waals surface area contributed by atoms with Gasteiger partial charge in [0.25, 0.3) is 0 Å². The minimum absolute atomic E-state index is 0.140. The number of halogens is 1. The zero-order valence-corrected chi connectivity index (χ0v) is 8.28. The lowest BCUT2D eigenvalue weighted by molar-refractivity contribution is -0.124. The van der Waals surface area contributed by atoms with E-state index in [-0.39, 0.29) is 17.2 Å². The van der Waals surface area contributed by atoms with Gasteiger partial charge in [-0.25, -0.2) is 0 Å². The lowest BCUT2D eigenvalue weighted by Crippen LogP contribution is -2.52. The summed E-state index contributed by atoms with van der Waals surface area (Å²) in [5.41, 5.74) is -0.292. The minimum Gasteiger partial charge on any atom is -0.308 e. The summed E-state index contributed by atoms with van der Waals surface area (Å²) in [7, 11) is 1.86. The molecule has 0 amide bonds. The predicted octanol–water partition coefficient (Wildman–Crippen LogP) is 1.72. The summed E-state index contributed by atoms with van der Waals surface area (Å²) in [5.74, 6) is 0.298. The molecular formula is C9H16ClNO. The van der Waals surface area contributed by atoms with E-state index in [1.807, 2.05) is 7.05 Å². The molecule has 0 aromatic heterocycles. The van der Waals surface area contributed by atoms with Crippen LogP contribution in [0.3, 0.4) is 0 Å². The Balaban J connectivity index is 2.66. The van der Waals surface area contributed by atoms with Crippen LogP contribution in [0.15, 0.2) is 0 Å². The Morgan fingerprint density at radius 3 is 2.42 bits per heavy atom. The number of Topliss-reactive ketones (excluding diaryl/α,β-unsaturated/α-hetero) is 1. The molecule has 3 heteroatoms. The fourth-order valence-electron chi connectivity index (χ4n) is 1.95. The molecule has 2 nitrogen and oxygen atoms in total. The quantitative estimate of drug-likeness (QED) is 0.685. The SMILES string of the molecule is CNC1(C(=O)CCl)CCCCC1. The molecule has 1 fully saturated rings. The molecule has 1 N–H and O–H groups in total. The average molecular weight is 190 g/mol. The Labute approximate surface area is 78.7 Å². The maximum atomic E-state index is 11.5. The molecule has 70 valence electrons. The molecule has 0 spiro atoms. The van der Waals surface area contributed by atoms with Crippen molar-refractivity contribution < 1.29 is 4.79 Å². The van der Waals surface area contributed by atoms with Crippen LogP contribution in [0.25, 0.3) is 0 Å². The van der Waals surface area contributed by atoms with E-state index in [0.29, 0.717) is 0 Å². The number of likely N-dealkylation sites (N-methyl/N-ethyl adjacent to an activating group) is 1. The van der Waals surface area contributed by atoms with Crippen LogP contribution in [0.1, 0.15) is 32.1 Å². The molecule has 0 aromatic carbocycles. The van der Waals surface area contributed by atoms with Crippen molar-refractivity contribution in [1.82, 2.24) is 5.32 Å². The highest BCUT2D eigenvalue weighted by molar-refractivity contribution is 6.29. The zero-order valence-electron chi connectivity index (χ0n) is 7.53. The van der Waals surface area contributed by atoms with Gasteiger partial charge in [-0.2, -0.15) is 0 Å². The Bertz CT molecular complexity index is 164. The highest BCUT2D eigenvalue weighted by Crippen LogP contribution is 2.28. The van der Waals surface area contributed by atoms with Crippen molar-refractivity contribution in [2.24, 2.45) is 0 Å². The van der Waals surface area contributed by atoms with Gasteiger partial charge in [0, 0.05) is 0 Å². The van der Waals surface area contributed by atoms with Gasteiger partial charge in [0.15, 0.2) is 5.78 Å². The topological polar surface area (TPSA) is 29.1 Å². The van der Waals surface area contributed by atoms with E-state index in [1.54, 1.807) is 0 Å². The molecule has 0 heterocycles. The number of hydrogen-bond acceptors (Lipinski definition) is 2.